The fourth-order valence-corrected chi connectivity index (χ4v) is 1.61. The smallest absolute Gasteiger partial charge is 0.388 e. The quantitative estimate of drug-likeness (QED) is 0.511. The van der Waals surface area contributed by atoms with E-state index < -0.39 is 37.1 Å². The van der Waals surface area contributed by atoms with Crippen LogP contribution in [-0.4, -0.2) is 24.5 Å². The summed E-state index contributed by atoms with van der Waals surface area (Å²) in [4.78, 5) is 0. The third-order valence-electron chi connectivity index (χ3n) is 2.20. The maximum Gasteiger partial charge on any atom is 0.411 e. The van der Waals surface area contributed by atoms with E-state index in [0.29, 0.717) is 12.1 Å². The summed E-state index contributed by atoms with van der Waals surface area (Å²) in [6.45, 7) is -1.83. The van der Waals surface area contributed by atoms with Gasteiger partial charge in [-0.05, 0) is 12.1 Å². The Labute approximate surface area is 110 Å². The SMILES string of the molecule is OC(CCOCC(F)(F)F)c1cc(F)c(F)cc1Cl. The minimum absolute atomic E-state index is 0.101. The molecular formula is C11H10ClF5O2. The Morgan fingerprint density at radius 3 is 2.37 bits per heavy atom. The molecular weight excluding hydrogens is 295 g/mol. The third-order valence-corrected chi connectivity index (χ3v) is 2.53. The second-order valence-electron chi connectivity index (χ2n) is 3.76. The van der Waals surface area contributed by atoms with Crippen molar-refractivity contribution in [1.29, 1.82) is 0 Å². The summed E-state index contributed by atoms with van der Waals surface area (Å²) in [7, 11) is 0. The zero-order valence-corrected chi connectivity index (χ0v) is 10.2. The Morgan fingerprint density at radius 1 is 1.21 bits per heavy atom. The van der Waals surface area contributed by atoms with Crippen LogP contribution < -0.4 is 0 Å². The lowest BCUT2D eigenvalue weighted by Gasteiger charge is -2.14. The highest BCUT2D eigenvalue weighted by molar-refractivity contribution is 6.31. The number of hydrogen-bond acceptors (Lipinski definition) is 2. The van der Waals surface area contributed by atoms with Crippen LogP contribution in [0.4, 0.5) is 22.0 Å². The van der Waals surface area contributed by atoms with Crippen molar-refractivity contribution in [3.8, 4) is 0 Å². The van der Waals surface area contributed by atoms with Gasteiger partial charge in [-0.15, -0.1) is 0 Å². The molecule has 0 heterocycles. The summed E-state index contributed by atoms with van der Waals surface area (Å²) < 4.78 is 65.3. The fraction of sp³-hybridized carbons (Fsp3) is 0.455. The zero-order chi connectivity index (χ0) is 14.6. The predicted molar refractivity (Wildman–Crippen MR) is 57.8 cm³/mol. The Morgan fingerprint density at radius 2 is 1.79 bits per heavy atom. The maximum absolute atomic E-state index is 12.9. The normalized spacial score (nSPS) is 13.6. The van der Waals surface area contributed by atoms with E-state index >= 15 is 0 Å². The van der Waals surface area contributed by atoms with Gasteiger partial charge in [-0.25, -0.2) is 8.78 Å². The first kappa shape index (κ1) is 16.1. The minimum atomic E-state index is -4.45. The van der Waals surface area contributed by atoms with Gasteiger partial charge in [0.25, 0.3) is 0 Å². The van der Waals surface area contributed by atoms with Crippen molar-refractivity contribution >= 4 is 11.6 Å². The number of alkyl halides is 3. The summed E-state index contributed by atoms with van der Waals surface area (Å²) in [5, 5.41) is 9.41. The molecule has 1 rings (SSSR count). The van der Waals surface area contributed by atoms with E-state index in [1.807, 2.05) is 0 Å². The number of ether oxygens (including phenoxy) is 1. The van der Waals surface area contributed by atoms with Crippen molar-refractivity contribution < 1.29 is 31.8 Å². The second-order valence-corrected chi connectivity index (χ2v) is 4.17. The van der Waals surface area contributed by atoms with Crippen LogP contribution in [-0.2, 0) is 4.74 Å². The van der Waals surface area contributed by atoms with Gasteiger partial charge in [0.15, 0.2) is 11.6 Å². The molecule has 0 amide bonds. The highest BCUT2D eigenvalue weighted by Crippen LogP contribution is 2.27. The number of hydrogen-bond donors (Lipinski definition) is 1. The Kier molecular flexibility index (Phi) is 5.51. The van der Waals surface area contributed by atoms with Crippen molar-refractivity contribution in [1.82, 2.24) is 0 Å². The van der Waals surface area contributed by atoms with Gasteiger partial charge in [-0.3, -0.25) is 0 Å². The highest BCUT2D eigenvalue weighted by atomic mass is 35.5. The van der Waals surface area contributed by atoms with Gasteiger partial charge in [0.1, 0.15) is 6.61 Å². The molecule has 19 heavy (non-hydrogen) atoms. The Bertz CT molecular complexity index is 436. The average molecular weight is 305 g/mol. The highest BCUT2D eigenvalue weighted by Gasteiger charge is 2.27. The van der Waals surface area contributed by atoms with Crippen LogP contribution in [0.3, 0.4) is 0 Å². The van der Waals surface area contributed by atoms with Gasteiger partial charge < -0.3 is 9.84 Å². The van der Waals surface area contributed by atoms with Gasteiger partial charge in [0.2, 0.25) is 0 Å². The third kappa shape index (κ3) is 5.30. The van der Waals surface area contributed by atoms with Crippen LogP contribution >= 0.6 is 11.6 Å². The lowest BCUT2D eigenvalue weighted by Crippen LogP contribution is -2.18. The molecule has 0 spiro atoms. The summed E-state index contributed by atoms with van der Waals surface area (Å²) in [5.74, 6) is -2.37. The van der Waals surface area contributed by atoms with Crippen LogP contribution in [0.5, 0.6) is 0 Å². The summed E-state index contributed by atoms with van der Waals surface area (Å²) >= 11 is 5.59. The molecule has 0 saturated carbocycles. The van der Waals surface area contributed by atoms with Crippen molar-refractivity contribution in [2.75, 3.05) is 13.2 Å². The number of halogens is 6. The molecule has 1 atom stereocenters. The molecule has 108 valence electrons. The summed E-state index contributed by atoms with van der Waals surface area (Å²) in [6.07, 6.45) is -6.01. The van der Waals surface area contributed by atoms with Gasteiger partial charge in [0, 0.05) is 23.6 Å². The largest absolute Gasteiger partial charge is 0.411 e. The fourth-order valence-electron chi connectivity index (χ4n) is 1.33. The first-order valence-electron chi connectivity index (χ1n) is 5.17. The van der Waals surface area contributed by atoms with Gasteiger partial charge in [-0.2, -0.15) is 13.2 Å². The molecule has 1 aromatic rings. The first-order chi connectivity index (χ1) is 8.70. The van der Waals surface area contributed by atoms with E-state index in [0.717, 1.165) is 0 Å². The Hall–Kier alpha value is -0.920. The molecule has 2 nitrogen and oxygen atoms in total. The van der Waals surface area contributed by atoms with E-state index in [2.05, 4.69) is 4.74 Å². The van der Waals surface area contributed by atoms with Crippen molar-refractivity contribution in [3.63, 3.8) is 0 Å². The first-order valence-corrected chi connectivity index (χ1v) is 5.55. The van der Waals surface area contributed by atoms with Crippen molar-refractivity contribution in [2.45, 2.75) is 18.7 Å². The molecule has 0 bridgehead atoms. The van der Waals surface area contributed by atoms with Crippen LogP contribution in [0.25, 0.3) is 0 Å². The van der Waals surface area contributed by atoms with Crippen LogP contribution in [0, 0.1) is 11.6 Å². The van der Waals surface area contributed by atoms with E-state index in [9.17, 15) is 27.1 Å². The molecule has 0 fully saturated rings. The molecule has 8 heteroatoms. The zero-order valence-electron chi connectivity index (χ0n) is 9.48. The van der Waals surface area contributed by atoms with E-state index in [1.165, 1.54) is 0 Å². The van der Waals surface area contributed by atoms with Crippen LogP contribution in [0.2, 0.25) is 5.02 Å². The lowest BCUT2D eigenvalue weighted by molar-refractivity contribution is -0.175. The second kappa shape index (κ2) is 6.49. The van der Waals surface area contributed by atoms with Crippen molar-refractivity contribution in [2.24, 2.45) is 0 Å². The van der Waals surface area contributed by atoms with Crippen molar-refractivity contribution in [3.05, 3.63) is 34.4 Å². The summed E-state index contributed by atoms with van der Waals surface area (Å²) in [6, 6.07) is 1.39. The lowest BCUT2D eigenvalue weighted by atomic mass is 10.1. The van der Waals surface area contributed by atoms with E-state index in [1.54, 1.807) is 0 Å². The molecule has 0 aliphatic carbocycles. The maximum atomic E-state index is 12.9. The molecule has 0 aliphatic rings. The van der Waals surface area contributed by atoms with E-state index in [-0.39, 0.29) is 17.0 Å². The monoisotopic (exact) mass is 304 g/mol. The molecule has 0 aromatic heterocycles. The molecule has 1 unspecified atom stereocenters. The number of rotatable bonds is 5. The molecule has 1 aromatic carbocycles. The van der Waals surface area contributed by atoms with Crippen LogP contribution in [0.15, 0.2) is 12.1 Å². The van der Waals surface area contributed by atoms with Gasteiger partial charge >= 0.3 is 6.18 Å². The molecule has 0 aliphatic heterocycles. The Balaban J connectivity index is 2.54. The topological polar surface area (TPSA) is 29.5 Å². The number of aliphatic hydroxyl groups excluding tert-OH is 1. The molecule has 0 radical (unpaired) electrons. The van der Waals surface area contributed by atoms with Gasteiger partial charge in [-0.1, -0.05) is 11.6 Å². The molecule has 0 saturated heterocycles. The predicted octanol–water partition coefficient (Wildman–Crippen LogP) is 3.62. The van der Waals surface area contributed by atoms with Crippen LogP contribution in [0.1, 0.15) is 18.1 Å². The number of aliphatic hydroxyl groups is 1. The molecule has 1 N–H and O–H groups in total. The minimum Gasteiger partial charge on any atom is -0.388 e. The number of benzene rings is 1. The average Bonchev–Trinajstić information content (AvgIpc) is 2.28. The summed E-state index contributed by atoms with van der Waals surface area (Å²) in [5.41, 5.74) is -0.101. The standard InChI is InChI=1S/C11H10ClF5O2/c12-7-4-9(14)8(13)3-6(7)10(18)1-2-19-5-11(15,16)17/h3-4,10,18H,1-2,5H2. The van der Waals surface area contributed by atoms with E-state index in [4.69, 9.17) is 11.6 Å². The van der Waals surface area contributed by atoms with Gasteiger partial charge in [0.05, 0.1) is 6.10 Å².